The summed E-state index contributed by atoms with van der Waals surface area (Å²) in [4.78, 5) is 16.1. The maximum Gasteiger partial charge on any atom is 0.241 e. The quantitative estimate of drug-likeness (QED) is 0.868. The van der Waals surface area contributed by atoms with E-state index in [1.54, 1.807) is 17.0 Å². The zero-order valence-corrected chi connectivity index (χ0v) is 14.8. The van der Waals surface area contributed by atoms with Crippen LogP contribution in [-0.2, 0) is 4.79 Å². The summed E-state index contributed by atoms with van der Waals surface area (Å²) < 4.78 is 45.0. The van der Waals surface area contributed by atoms with E-state index in [-0.39, 0.29) is 24.0 Å². The van der Waals surface area contributed by atoms with Gasteiger partial charge in [-0.3, -0.25) is 4.79 Å². The first-order valence-electron chi connectivity index (χ1n) is 8.53. The summed E-state index contributed by atoms with van der Waals surface area (Å²) in [7, 11) is 1.18. The van der Waals surface area contributed by atoms with E-state index < -0.39 is 17.4 Å². The Morgan fingerprint density at radius 1 is 1.04 bits per heavy atom. The van der Waals surface area contributed by atoms with Crippen molar-refractivity contribution in [3.05, 3.63) is 53.8 Å². The molecule has 1 aliphatic heterocycles. The number of benzene rings is 2. The van der Waals surface area contributed by atoms with Crippen molar-refractivity contribution >= 4 is 17.3 Å². The number of anilines is 2. The number of rotatable bonds is 5. The standard InChI is InChI=1S/C19H20F3N3O2/c1-27-19-16(21)10-14(11-17(19)22)23-12-18(26)25-8-6-24(7-9-25)15-4-2-13(20)3-5-15/h2-5,10-11,23H,6-9,12H2,1H3. The molecule has 0 saturated carbocycles. The molecule has 0 radical (unpaired) electrons. The lowest BCUT2D eigenvalue weighted by Gasteiger charge is -2.36. The van der Waals surface area contributed by atoms with Gasteiger partial charge in [-0.05, 0) is 24.3 Å². The van der Waals surface area contributed by atoms with Crippen LogP contribution in [0.25, 0.3) is 0 Å². The van der Waals surface area contributed by atoms with Gasteiger partial charge in [0.25, 0.3) is 0 Å². The summed E-state index contributed by atoms with van der Waals surface area (Å²) >= 11 is 0. The van der Waals surface area contributed by atoms with Gasteiger partial charge in [0, 0.05) is 49.7 Å². The van der Waals surface area contributed by atoms with E-state index in [0.29, 0.717) is 26.2 Å². The molecule has 0 unspecified atom stereocenters. The first-order chi connectivity index (χ1) is 13.0. The lowest BCUT2D eigenvalue weighted by molar-refractivity contribution is -0.129. The van der Waals surface area contributed by atoms with Crippen LogP contribution in [0.3, 0.4) is 0 Å². The summed E-state index contributed by atoms with van der Waals surface area (Å²) in [5, 5.41) is 2.74. The van der Waals surface area contributed by atoms with Gasteiger partial charge in [-0.25, -0.2) is 13.2 Å². The molecular formula is C19H20F3N3O2. The van der Waals surface area contributed by atoms with Gasteiger partial charge in [0.1, 0.15) is 5.82 Å². The predicted octanol–water partition coefficient (Wildman–Crippen LogP) is 2.87. The molecule has 1 fully saturated rings. The highest BCUT2D eigenvalue weighted by Crippen LogP contribution is 2.25. The second-order valence-corrected chi connectivity index (χ2v) is 6.17. The molecule has 0 bridgehead atoms. The average molecular weight is 379 g/mol. The summed E-state index contributed by atoms with van der Waals surface area (Å²) in [5.74, 6) is -2.57. The maximum absolute atomic E-state index is 13.7. The molecule has 0 spiro atoms. The normalized spacial score (nSPS) is 14.2. The first-order valence-corrected chi connectivity index (χ1v) is 8.53. The molecule has 1 saturated heterocycles. The second-order valence-electron chi connectivity index (χ2n) is 6.17. The number of hydrogen-bond acceptors (Lipinski definition) is 4. The molecule has 1 aliphatic rings. The fraction of sp³-hybridized carbons (Fsp3) is 0.316. The van der Waals surface area contributed by atoms with Gasteiger partial charge in [-0.15, -0.1) is 0 Å². The van der Waals surface area contributed by atoms with Gasteiger partial charge in [0.15, 0.2) is 17.4 Å². The Morgan fingerprint density at radius 2 is 1.63 bits per heavy atom. The fourth-order valence-corrected chi connectivity index (χ4v) is 3.01. The number of methoxy groups -OCH3 is 1. The van der Waals surface area contributed by atoms with E-state index in [2.05, 4.69) is 15.0 Å². The Morgan fingerprint density at radius 3 is 2.19 bits per heavy atom. The SMILES string of the molecule is COc1c(F)cc(NCC(=O)N2CCN(c3ccc(F)cc3)CC2)cc1F. The van der Waals surface area contributed by atoms with Gasteiger partial charge in [-0.2, -0.15) is 0 Å². The molecule has 0 atom stereocenters. The summed E-state index contributed by atoms with van der Waals surface area (Å²) in [6.07, 6.45) is 0. The van der Waals surface area contributed by atoms with Crippen molar-refractivity contribution in [2.75, 3.05) is 50.1 Å². The highest BCUT2D eigenvalue weighted by atomic mass is 19.1. The van der Waals surface area contributed by atoms with Crippen molar-refractivity contribution in [3.63, 3.8) is 0 Å². The topological polar surface area (TPSA) is 44.8 Å². The Hall–Kier alpha value is -2.90. The lowest BCUT2D eigenvalue weighted by Crippen LogP contribution is -2.50. The number of piperazine rings is 1. The summed E-state index contributed by atoms with van der Waals surface area (Å²) in [5.41, 5.74) is 1.08. The smallest absolute Gasteiger partial charge is 0.241 e. The molecule has 1 amide bonds. The summed E-state index contributed by atoms with van der Waals surface area (Å²) in [6, 6.07) is 8.40. The van der Waals surface area contributed by atoms with E-state index >= 15 is 0 Å². The van der Waals surface area contributed by atoms with Crippen molar-refractivity contribution in [2.45, 2.75) is 0 Å². The van der Waals surface area contributed by atoms with Crippen LogP contribution in [0.1, 0.15) is 0 Å². The minimum absolute atomic E-state index is 0.0677. The number of carbonyl (C=O) groups excluding carboxylic acids is 1. The van der Waals surface area contributed by atoms with Gasteiger partial charge in [-0.1, -0.05) is 0 Å². The van der Waals surface area contributed by atoms with Crippen LogP contribution in [0.15, 0.2) is 36.4 Å². The molecular weight excluding hydrogens is 359 g/mol. The number of ether oxygens (including phenoxy) is 1. The number of amides is 1. The van der Waals surface area contributed by atoms with E-state index in [4.69, 9.17) is 0 Å². The molecule has 144 valence electrons. The van der Waals surface area contributed by atoms with Gasteiger partial charge in [0.2, 0.25) is 5.91 Å². The van der Waals surface area contributed by atoms with Crippen molar-refractivity contribution in [2.24, 2.45) is 0 Å². The van der Waals surface area contributed by atoms with Crippen LogP contribution in [0.4, 0.5) is 24.5 Å². The second kappa shape index (κ2) is 8.20. The van der Waals surface area contributed by atoms with E-state index in [9.17, 15) is 18.0 Å². The van der Waals surface area contributed by atoms with Crippen LogP contribution in [-0.4, -0.2) is 50.6 Å². The highest BCUT2D eigenvalue weighted by Gasteiger charge is 2.21. The van der Waals surface area contributed by atoms with E-state index in [1.165, 1.54) is 19.2 Å². The van der Waals surface area contributed by atoms with Crippen molar-refractivity contribution in [1.82, 2.24) is 4.90 Å². The largest absolute Gasteiger partial charge is 0.491 e. The van der Waals surface area contributed by atoms with Crippen LogP contribution in [0, 0.1) is 17.5 Å². The lowest BCUT2D eigenvalue weighted by atomic mass is 10.2. The van der Waals surface area contributed by atoms with Crippen molar-refractivity contribution < 1.29 is 22.7 Å². The van der Waals surface area contributed by atoms with Crippen LogP contribution in [0.5, 0.6) is 5.75 Å². The third-order valence-corrected chi connectivity index (χ3v) is 4.47. The zero-order chi connectivity index (χ0) is 19.4. The van der Waals surface area contributed by atoms with Gasteiger partial charge < -0.3 is 19.9 Å². The van der Waals surface area contributed by atoms with E-state index in [1.807, 2.05) is 0 Å². The molecule has 2 aromatic rings. The molecule has 0 aliphatic carbocycles. The van der Waals surface area contributed by atoms with Crippen LogP contribution in [0.2, 0.25) is 0 Å². The predicted molar refractivity (Wildman–Crippen MR) is 96.6 cm³/mol. The van der Waals surface area contributed by atoms with E-state index in [0.717, 1.165) is 17.8 Å². The third-order valence-electron chi connectivity index (χ3n) is 4.47. The number of nitrogens with zero attached hydrogens (tertiary/aromatic N) is 2. The number of hydrogen-bond donors (Lipinski definition) is 1. The van der Waals surface area contributed by atoms with Crippen molar-refractivity contribution in [3.8, 4) is 5.75 Å². The Kier molecular flexibility index (Phi) is 5.73. The molecule has 1 heterocycles. The minimum Gasteiger partial charge on any atom is -0.491 e. The molecule has 3 rings (SSSR count). The van der Waals surface area contributed by atoms with Crippen LogP contribution >= 0.6 is 0 Å². The number of nitrogens with one attached hydrogen (secondary N) is 1. The van der Waals surface area contributed by atoms with Crippen molar-refractivity contribution in [1.29, 1.82) is 0 Å². The van der Waals surface area contributed by atoms with Gasteiger partial charge in [0.05, 0.1) is 13.7 Å². The monoisotopic (exact) mass is 379 g/mol. The molecule has 2 aromatic carbocycles. The highest BCUT2D eigenvalue weighted by molar-refractivity contribution is 5.81. The Bertz CT molecular complexity index is 783. The third kappa shape index (κ3) is 4.45. The Balaban J connectivity index is 1.52. The minimum atomic E-state index is -0.833. The zero-order valence-electron chi connectivity index (χ0n) is 14.8. The maximum atomic E-state index is 13.7. The summed E-state index contributed by atoms with van der Waals surface area (Å²) in [6.45, 7) is 2.22. The molecule has 27 heavy (non-hydrogen) atoms. The number of halogens is 3. The average Bonchev–Trinajstić information content (AvgIpc) is 2.67. The first kappa shape index (κ1) is 18.9. The molecule has 1 N–H and O–H groups in total. The molecule has 8 heteroatoms. The fourth-order valence-electron chi connectivity index (χ4n) is 3.01. The molecule has 0 aromatic heterocycles. The van der Waals surface area contributed by atoms with Gasteiger partial charge >= 0.3 is 0 Å². The Labute approximate surface area is 155 Å². The van der Waals surface area contributed by atoms with Crippen LogP contribution < -0.4 is 15.0 Å². The number of carbonyl (C=O) groups is 1. The molecule has 5 nitrogen and oxygen atoms in total.